The number of amides is 1. The van der Waals surface area contributed by atoms with Crippen LogP contribution in [0.5, 0.6) is 0 Å². The van der Waals surface area contributed by atoms with Gasteiger partial charge in [-0.15, -0.1) is 0 Å². The van der Waals surface area contributed by atoms with E-state index >= 15 is 0 Å². The molecule has 0 aliphatic carbocycles. The highest BCUT2D eigenvalue weighted by molar-refractivity contribution is 5.92. The van der Waals surface area contributed by atoms with Crippen LogP contribution in [0.25, 0.3) is 0 Å². The van der Waals surface area contributed by atoms with Crippen molar-refractivity contribution in [2.75, 3.05) is 30.9 Å². The van der Waals surface area contributed by atoms with E-state index in [1.165, 1.54) is 6.07 Å². The number of nitrogens with one attached hydrogen (secondary N) is 2. The summed E-state index contributed by atoms with van der Waals surface area (Å²) in [5.41, 5.74) is 1.01. The number of carbonyl (C=O) groups is 1. The lowest BCUT2D eigenvalue weighted by Gasteiger charge is -2.24. The molecule has 0 saturated carbocycles. The van der Waals surface area contributed by atoms with Gasteiger partial charge in [-0.25, -0.2) is 4.39 Å². The fourth-order valence-electron chi connectivity index (χ4n) is 1.81. The molecule has 0 bridgehead atoms. The molecule has 4 nitrogen and oxygen atoms in total. The quantitative estimate of drug-likeness (QED) is 0.842. The Kier molecular flexibility index (Phi) is 5.95. The van der Waals surface area contributed by atoms with Crippen LogP contribution in [0, 0.1) is 11.7 Å². The van der Waals surface area contributed by atoms with E-state index in [4.69, 9.17) is 0 Å². The molecular weight excluding hydrogens is 257 g/mol. The summed E-state index contributed by atoms with van der Waals surface area (Å²) in [6.07, 6.45) is 0. The monoisotopic (exact) mass is 281 g/mol. The Morgan fingerprint density at radius 3 is 2.50 bits per heavy atom. The van der Waals surface area contributed by atoms with Crippen molar-refractivity contribution in [2.45, 2.75) is 26.8 Å². The number of anilines is 2. The first-order valence-electron chi connectivity index (χ1n) is 6.84. The van der Waals surface area contributed by atoms with Gasteiger partial charge in [-0.05, 0) is 39.1 Å². The van der Waals surface area contributed by atoms with E-state index in [-0.39, 0.29) is 23.7 Å². The topological polar surface area (TPSA) is 44.4 Å². The van der Waals surface area contributed by atoms with Crippen LogP contribution in [0.4, 0.5) is 15.8 Å². The number of benzene rings is 1. The summed E-state index contributed by atoms with van der Waals surface area (Å²) in [4.78, 5) is 13.7. The van der Waals surface area contributed by atoms with Crippen molar-refractivity contribution in [1.82, 2.24) is 5.32 Å². The minimum Gasteiger partial charge on any atom is -0.370 e. The third kappa shape index (κ3) is 4.20. The molecule has 0 aliphatic rings. The molecule has 1 rings (SSSR count). The van der Waals surface area contributed by atoms with Gasteiger partial charge in [-0.2, -0.15) is 0 Å². The normalized spacial score (nSPS) is 12.3. The minimum atomic E-state index is -0.333. The molecule has 0 aliphatic heterocycles. The fourth-order valence-corrected chi connectivity index (χ4v) is 1.81. The van der Waals surface area contributed by atoms with Gasteiger partial charge in [0.2, 0.25) is 5.91 Å². The van der Waals surface area contributed by atoms with Gasteiger partial charge in [0.1, 0.15) is 5.82 Å². The van der Waals surface area contributed by atoms with Gasteiger partial charge in [0, 0.05) is 31.2 Å². The minimum absolute atomic E-state index is 0.122. The van der Waals surface area contributed by atoms with Gasteiger partial charge >= 0.3 is 0 Å². The molecule has 1 amide bonds. The van der Waals surface area contributed by atoms with Gasteiger partial charge in [0.15, 0.2) is 0 Å². The van der Waals surface area contributed by atoms with Crippen LogP contribution in [0.3, 0.4) is 0 Å². The van der Waals surface area contributed by atoms with Crippen LogP contribution in [0.1, 0.15) is 20.8 Å². The Morgan fingerprint density at radius 1 is 1.35 bits per heavy atom. The Bertz CT molecular complexity index is 462. The zero-order chi connectivity index (χ0) is 15.3. The Labute approximate surface area is 120 Å². The molecule has 112 valence electrons. The number of halogens is 1. The predicted octanol–water partition coefficient (Wildman–Crippen LogP) is 2.46. The van der Waals surface area contributed by atoms with Crippen LogP contribution in [-0.2, 0) is 4.79 Å². The van der Waals surface area contributed by atoms with E-state index in [0.717, 1.165) is 0 Å². The summed E-state index contributed by atoms with van der Waals surface area (Å²) >= 11 is 0. The Balaban J connectivity index is 2.80. The van der Waals surface area contributed by atoms with Crippen molar-refractivity contribution in [3.8, 4) is 0 Å². The van der Waals surface area contributed by atoms with Crippen molar-refractivity contribution < 1.29 is 9.18 Å². The average Bonchev–Trinajstić information content (AvgIpc) is 2.38. The van der Waals surface area contributed by atoms with Crippen LogP contribution >= 0.6 is 0 Å². The highest BCUT2D eigenvalue weighted by atomic mass is 19.1. The second-order valence-corrected chi connectivity index (χ2v) is 5.32. The lowest BCUT2D eigenvalue weighted by molar-refractivity contribution is -0.119. The summed E-state index contributed by atoms with van der Waals surface area (Å²) in [7, 11) is 3.64. The summed E-state index contributed by atoms with van der Waals surface area (Å²) in [5.74, 6) is -0.620. The van der Waals surface area contributed by atoms with Gasteiger partial charge < -0.3 is 15.5 Å². The van der Waals surface area contributed by atoms with Gasteiger partial charge in [-0.1, -0.05) is 6.92 Å². The number of rotatable bonds is 6. The lowest BCUT2D eigenvalue weighted by atomic mass is 10.1. The smallest absolute Gasteiger partial charge is 0.228 e. The van der Waals surface area contributed by atoms with Gasteiger partial charge in [-0.3, -0.25) is 4.79 Å². The molecule has 20 heavy (non-hydrogen) atoms. The van der Waals surface area contributed by atoms with Crippen LogP contribution < -0.4 is 15.5 Å². The summed E-state index contributed by atoms with van der Waals surface area (Å²) in [6.45, 7) is 6.40. The molecule has 0 heterocycles. The highest BCUT2D eigenvalue weighted by Gasteiger charge is 2.14. The number of nitrogens with zero attached hydrogens (tertiary/aromatic N) is 1. The number of hydrogen-bond donors (Lipinski definition) is 2. The zero-order valence-electron chi connectivity index (χ0n) is 12.8. The van der Waals surface area contributed by atoms with E-state index in [1.807, 2.05) is 32.7 Å². The first-order valence-corrected chi connectivity index (χ1v) is 6.84. The molecule has 0 aromatic heterocycles. The summed E-state index contributed by atoms with van der Waals surface area (Å²) in [6, 6.07) is 4.98. The molecule has 0 radical (unpaired) electrons. The van der Waals surface area contributed by atoms with Crippen LogP contribution in [0.15, 0.2) is 18.2 Å². The lowest BCUT2D eigenvalue weighted by Crippen LogP contribution is -2.29. The maximum atomic E-state index is 14.1. The molecule has 5 heteroatoms. The zero-order valence-corrected chi connectivity index (χ0v) is 12.8. The van der Waals surface area contributed by atoms with Crippen molar-refractivity contribution in [2.24, 2.45) is 5.92 Å². The van der Waals surface area contributed by atoms with Gasteiger partial charge in [0.05, 0.1) is 5.69 Å². The van der Waals surface area contributed by atoms with Crippen molar-refractivity contribution >= 4 is 17.3 Å². The largest absolute Gasteiger partial charge is 0.370 e. The Hall–Kier alpha value is -1.62. The second-order valence-electron chi connectivity index (χ2n) is 5.32. The molecule has 0 saturated heterocycles. The average molecular weight is 281 g/mol. The second kappa shape index (κ2) is 7.24. The number of carbonyl (C=O) groups excluding carboxylic acids is 1. The van der Waals surface area contributed by atoms with E-state index in [9.17, 15) is 9.18 Å². The third-order valence-corrected chi connectivity index (χ3v) is 3.33. The standard InChI is InChI=1S/C15H24FN3O/c1-10(2)19(5)14-7-6-12(8-13(14)16)18-15(20)11(3)9-17-4/h6-8,10-11,17H,9H2,1-5H3,(H,18,20). The van der Waals surface area contributed by atoms with Gasteiger partial charge in [0.25, 0.3) is 0 Å². The third-order valence-electron chi connectivity index (χ3n) is 3.33. The van der Waals surface area contributed by atoms with Crippen molar-refractivity contribution in [3.63, 3.8) is 0 Å². The molecule has 1 aromatic carbocycles. The van der Waals surface area contributed by atoms with E-state index in [2.05, 4.69) is 10.6 Å². The van der Waals surface area contributed by atoms with Crippen molar-refractivity contribution in [3.05, 3.63) is 24.0 Å². The number of hydrogen-bond acceptors (Lipinski definition) is 3. The predicted molar refractivity (Wildman–Crippen MR) is 81.7 cm³/mol. The van der Waals surface area contributed by atoms with Crippen molar-refractivity contribution in [1.29, 1.82) is 0 Å². The summed E-state index contributed by atoms with van der Waals surface area (Å²) < 4.78 is 14.1. The molecule has 2 N–H and O–H groups in total. The first-order chi connectivity index (χ1) is 9.36. The molecule has 0 fully saturated rings. The Morgan fingerprint density at radius 2 is 2.00 bits per heavy atom. The summed E-state index contributed by atoms with van der Waals surface area (Å²) in [5, 5.41) is 5.67. The molecule has 1 aromatic rings. The molecule has 1 atom stereocenters. The maximum absolute atomic E-state index is 14.1. The maximum Gasteiger partial charge on any atom is 0.228 e. The van der Waals surface area contributed by atoms with E-state index in [1.54, 1.807) is 19.2 Å². The van der Waals surface area contributed by atoms with E-state index < -0.39 is 0 Å². The molecular formula is C15H24FN3O. The molecule has 1 unspecified atom stereocenters. The van der Waals surface area contributed by atoms with Crippen LogP contribution in [-0.4, -0.2) is 32.6 Å². The first kappa shape index (κ1) is 16.4. The van der Waals surface area contributed by atoms with E-state index in [0.29, 0.717) is 17.9 Å². The van der Waals surface area contributed by atoms with Crippen LogP contribution in [0.2, 0.25) is 0 Å². The highest BCUT2D eigenvalue weighted by Crippen LogP contribution is 2.23. The SMILES string of the molecule is CNCC(C)C(=O)Nc1ccc(N(C)C(C)C)c(F)c1. The fraction of sp³-hybridized carbons (Fsp3) is 0.533. The molecule has 0 spiro atoms.